The van der Waals surface area contributed by atoms with Crippen LogP contribution < -0.4 is 0 Å². The first kappa shape index (κ1) is 16.1. The molecule has 1 saturated heterocycles. The van der Waals surface area contributed by atoms with Crippen LogP contribution in [0.25, 0.3) is 0 Å². The first-order chi connectivity index (χ1) is 9.00. The van der Waals surface area contributed by atoms with Gasteiger partial charge < -0.3 is 13.7 Å². The zero-order valence-corrected chi connectivity index (χ0v) is 15.1. The molecule has 1 aliphatic heterocycles. The second kappa shape index (κ2) is 5.18. The fraction of sp³-hybridized carbons (Fsp3) is 0.867. The van der Waals surface area contributed by atoms with Gasteiger partial charge in [-0.1, -0.05) is 0 Å². The quantitative estimate of drug-likeness (QED) is 0.724. The van der Waals surface area contributed by atoms with Crippen molar-refractivity contribution in [3.05, 3.63) is 11.8 Å². The molecule has 0 N–H and O–H groups in total. The average molecular weight is 296 g/mol. The van der Waals surface area contributed by atoms with Crippen LogP contribution in [0.1, 0.15) is 47.0 Å². The molecular weight excluding hydrogens is 267 g/mol. The Labute approximate surface area is 125 Å². The molecule has 0 aromatic rings. The Kier molecular flexibility index (Phi) is 4.18. The predicted octanol–water partition coefficient (Wildman–Crippen LogP) is 4.37. The van der Waals surface area contributed by atoms with Gasteiger partial charge in [0.1, 0.15) is 0 Å². The molecule has 20 heavy (non-hydrogen) atoms. The molecule has 0 unspecified atom stereocenters. The van der Waals surface area contributed by atoms with Crippen LogP contribution in [-0.2, 0) is 13.7 Å². The van der Waals surface area contributed by atoms with E-state index in [0.717, 1.165) is 25.0 Å². The fourth-order valence-corrected chi connectivity index (χ4v) is 3.63. The van der Waals surface area contributed by atoms with Crippen molar-refractivity contribution in [3.8, 4) is 0 Å². The second-order valence-electron chi connectivity index (χ2n) is 8.03. The molecule has 2 aliphatic rings. The van der Waals surface area contributed by atoms with Gasteiger partial charge in [0.05, 0.1) is 17.0 Å². The second-order valence-corrected chi connectivity index (χ2v) is 12.5. The summed E-state index contributed by atoms with van der Waals surface area (Å²) in [5, 5.41) is 0. The van der Waals surface area contributed by atoms with Gasteiger partial charge in [-0.3, -0.25) is 0 Å². The van der Waals surface area contributed by atoms with E-state index < -0.39 is 8.32 Å². The summed E-state index contributed by atoms with van der Waals surface area (Å²) in [7, 11) is -1.66. The summed E-state index contributed by atoms with van der Waals surface area (Å²) < 4.78 is 18.5. The molecule has 0 aromatic heterocycles. The maximum atomic E-state index is 6.17. The zero-order valence-electron chi connectivity index (χ0n) is 14.1. The van der Waals surface area contributed by atoms with Crippen LogP contribution in [0.4, 0.5) is 0 Å². The Balaban J connectivity index is 2.09. The molecule has 5 heteroatoms. The lowest BCUT2D eigenvalue weighted by atomic mass is 9.67. The van der Waals surface area contributed by atoms with Crippen LogP contribution >= 0.6 is 0 Å². The molecule has 1 heterocycles. The van der Waals surface area contributed by atoms with Crippen LogP contribution in [0.5, 0.6) is 0 Å². The van der Waals surface area contributed by atoms with Crippen molar-refractivity contribution in [2.24, 2.45) is 0 Å². The van der Waals surface area contributed by atoms with E-state index in [1.54, 1.807) is 0 Å². The van der Waals surface area contributed by atoms with Crippen LogP contribution in [0.2, 0.25) is 25.5 Å². The minimum absolute atomic E-state index is 0.138. The summed E-state index contributed by atoms with van der Waals surface area (Å²) in [6.45, 7) is 15.1. The van der Waals surface area contributed by atoms with E-state index >= 15 is 0 Å². The first-order valence-electron chi connectivity index (χ1n) is 7.76. The largest absolute Gasteiger partial charge is 0.548 e. The van der Waals surface area contributed by atoms with Crippen molar-refractivity contribution in [2.45, 2.75) is 83.6 Å². The molecule has 1 aliphatic carbocycles. The monoisotopic (exact) mass is 296 g/mol. The molecule has 2 rings (SSSR count). The van der Waals surface area contributed by atoms with Gasteiger partial charge >= 0.3 is 7.12 Å². The number of rotatable bonds is 3. The Bertz CT molecular complexity index is 382. The SMILES string of the molecule is CC1(C)OB([C@@H]2C=C(O[Si](C)(C)C)CCC2)OC1(C)C. The highest BCUT2D eigenvalue weighted by Gasteiger charge is 2.53. The molecule has 114 valence electrons. The summed E-state index contributed by atoms with van der Waals surface area (Å²) in [6.07, 6.45) is 5.59. The zero-order chi connectivity index (χ0) is 15.2. The number of hydrogen-bond donors (Lipinski definition) is 0. The minimum atomic E-state index is -1.52. The van der Waals surface area contributed by atoms with E-state index in [2.05, 4.69) is 53.4 Å². The Morgan fingerprint density at radius 3 is 2.20 bits per heavy atom. The van der Waals surface area contributed by atoms with Crippen molar-refractivity contribution in [1.82, 2.24) is 0 Å². The van der Waals surface area contributed by atoms with E-state index in [9.17, 15) is 0 Å². The summed E-state index contributed by atoms with van der Waals surface area (Å²) in [5.41, 5.74) is -0.495. The van der Waals surface area contributed by atoms with E-state index in [4.69, 9.17) is 13.7 Å². The third kappa shape index (κ3) is 3.49. The van der Waals surface area contributed by atoms with Crippen molar-refractivity contribution < 1.29 is 13.7 Å². The molecule has 3 nitrogen and oxygen atoms in total. The van der Waals surface area contributed by atoms with Gasteiger partial charge in [-0.15, -0.1) is 0 Å². The van der Waals surface area contributed by atoms with Gasteiger partial charge in [0.2, 0.25) is 8.32 Å². The van der Waals surface area contributed by atoms with E-state index in [1.165, 1.54) is 0 Å². The van der Waals surface area contributed by atoms with Crippen molar-refractivity contribution >= 4 is 15.4 Å². The molecule has 0 spiro atoms. The first-order valence-corrected chi connectivity index (χ1v) is 11.2. The molecule has 0 amide bonds. The third-order valence-electron chi connectivity index (χ3n) is 4.42. The standard InChI is InChI=1S/C15H29BO3Si/c1-14(2)15(3,4)19-16(18-14)12-9-8-10-13(11-12)17-20(5,6)7/h11-12H,8-10H2,1-7H3/t12-/m0/s1. The van der Waals surface area contributed by atoms with Crippen LogP contribution in [0.15, 0.2) is 11.8 Å². The highest BCUT2D eigenvalue weighted by Crippen LogP contribution is 2.43. The number of hydrogen-bond acceptors (Lipinski definition) is 3. The van der Waals surface area contributed by atoms with Crippen LogP contribution in [0.3, 0.4) is 0 Å². The predicted molar refractivity (Wildman–Crippen MR) is 86.2 cm³/mol. The van der Waals surface area contributed by atoms with Crippen molar-refractivity contribution in [2.75, 3.05) is 0 Å². The molecule has 0 bridgehead atoms. The molecule has 1 fully saturated rings. The topological polar surface area (TPSA) is 27.7 Å². The summed E-state index contributed by atoms with van der Waals surface area (Å²) in [4.78, 5) is 0. The average Bonchev–Trinajstić information content (AvgIpc) is 2.46. The lowest BCUT2D eigenvalue weighted by molar-refractivity contribution is 0.00578. The lowest BCUT2D eigenvalue weighted by Crippen LogP contribution is -2.41. The summed E-state index contributed by atoms with van der Waals surface area (Å²) in [5.74, 6) is 1.46. The molecule has 0 aromatic carbocycles. The third-order valence-corrected chi connectivity index (χ3v) is 5.29. The highest BCUT2D eigenvalue weighted by molar-refractivity contribution is 6.70. The van der Waals surface area contributed by atoms with Crippen LogP contribution in [-0.4, -0.2) is 26.6 Å². The molecular formula is C15H29BO3Si. The molecule has 0 radical (unpaired) electrons. The maximum Gasteiger partial charge on any atom is 0.465 e. The summed E-state index contributed by atoms with van der Waals surface area (Å²) in [6, 6.07) is 0. The Hall–Kier alpha value is -0.258. The van der Waals surface area contributed by atoms with E-state index in [-0.39, 0.29) is 18.3 Å². The molecule has 0 saturated carbocycles. The lowest BCUT2D eigenvalue weighted by Gasteiger charge is -2.32. The van der Waals surface area contributed by atoms with Gasteiger partial charge in [-0.05, 0) is 66.3 Å². The smallest absolute Gasteiger partial charge is 0.465 e. The Morgan fingerprint density at radius 1 is 1.15 bits per heavy atom. The maximum absolute atomic E-state index is 6.17. The summed E-state index contributed by atoms with van der Waals surface area (Å²) >= 11 is 0. The van der Waals surface area contributed by atoms with Crippen molar-refractivity contribution in [3.63, 3.8) is 0 Å². The normalized spacial score (nSPS) is 29.2. The van der Waals surface area contributed by atoms with Gasteiger partial charge in [-0.2, -0.15) is 0 Å². The van der Waals surface area contributed by atoms with Crippen LogP contribution in [0, 0.1) is 0 Å². The van der Waals surface area contributed by atoms with Gasteiger partial charge in [0, 0.05) is 12.2 Å². The van der Waals surface area contributed by atoms with E-state index in [1.807, 2.05) is 0 Å². The van der Waals surface area contributed by atoms with Crippen molar-refractivity contribution in [1.29, 1.82) is 0 Å². The van der Waals surface area contributed by atoms with Gasteiger partial charge in [0.15, 0.2) is 0 Å². The van der Waals surface area contributed by atoms with Gasteiger partial charge in [-0.25, -0.2) is 0 Å². The fourth-order valence-electron chi connectivity index (χ4n) is 2.67. The number of allylic oxidation sites excluding steroid dienone is 2. The van der Waals surface area contributed by atoms with Gasteiger partial charge in [0.25, 0.3) is 0 Å². The minimum Gasteiger partial charge on any atom is -0.548 e. The van der Waals surface area contributed by atoms with E-state index in [0.29, 0.717) is 5.82 Å². The Morgan fingerprint density at radius 2 is 1.70 bits per heavy atom. The molecule has 1 atom stereocenters. The highest BCUT2D eigenvalue weighted by atomic mass is 28.4.